The SMILES string of the molecule is CCNC(=NCC1CCN(Cc2nc(C)c(C)o2)CC1)N(C)CC(=O)NC(C)(C)C. The van der Waals surface area contributed by atoms with E-state index in [0.717, 1.165) is 68.9 Å². The van der Waals surface area contributed by atoms with E-state index in [0.29, 0.717) is 5.92 Å². The molecule has 170 valence electrons. The molecule has 1 aromatic rings. The van der Waals surface area contributed by atoms with Crippen molar-refractivity contribution in [3.05, 3.63) is 17.3 Å². The van der Waals surface area contributed by atoms with E-state index in [1.165, 1.54) is 0 Å². The molecule has 1 aromatic heterocycles. The van der Waals surface area contributed by atoms with Crippen molar-refractivity contribution in [1.82, 2.24) is 25.4 Å². The van der Waals surface area contributed by atoms with Crippen molar-refractivity contribution in [3.8, 4) is 0 Å². The number of carbonyl (C=O) groups is 1. The summed E-state index contributed by atoms with van der Waals surface area (Å²) in [7, 11) is 1.91. The summed E-state index contributed by atoms with van der Waals surface area (Å²) < 4.78 is 5.72. The van der Waals surface area contributed by atoms with E-state index < -0.39 is 0 Å². The van der Waals surface area contributed by atoms with Gasteiger partial charge in [0.05, 0.1) is 18.8 Å². The first kappa shape index (κ1) is 24.2. The smallest absolute Gasteiger partial charge is 0.240 e. The second-order valence-electron chi connectivity index (χ2n) is 9.32. The molecule has 0 aliphatic carbocycles. The molecule has 1 amide bonds. The van der Waals surface area contributed by atoms with Crippen LogP contribution < -0.4 is 10.6 Å². The van der Waals surface area contributed by atoms with Crippen LogP contribution in [0.5, 0.6) is 0 Å². The molecule has 0 spiro atoms. The van der Waals surface area contributed by atoms with Gasteiger partial charge in [0.1, 0.15) is 5.76 Å². The molecule has 2 N–H and O–H groups in total. The number of likely N-dealkylation sites (tertiary alicyclic amines) is 1. The summed E-state index contributed by atoms with van der Waals surface area (Å²) in [6, 6.07) is 0. The van der Waals surface area contributed by atoms with Gasteiger partial charge in [-0.2, -0.15) is 0 Å². The van der Waals surface area contributed by atoms with Gasteiger partial charge in [-0.1, -0.05) is 0 Å². The summed E-state index contributed by atoms with van der Waals surface area (Å²) >= 11 is 0. The third-order valence-electron chi connectivity index (χ3n) is 5.23. The van der Waals surface area contributed by atoms with Crippen LogP contribution >= 0.6 is 0 Å². The van der Waals surface area contributed by atoms with E-state index in [2.05, 4.69) is 20.5 Å². The van der Waals surface area contributed by atoms with Crippen LogP contribution in [-0.2, 0) is 11.3 Å². The van der Waals surface area contributed by atoms with Gasteiger partial charge >= 0.3 is 0 Å². The molecule has 1 saturated heterocycles. The molecule has 1 aliphatic rings. The molecule has 8 heteroatoms. The average molecular weight is 421 g/mol. The molecule has 8 nitrogen and oxygen atoms in total. The van der Waals surface area contributed by atoms with Crippen LogP contribution in [0.25, 0.3) is 0 Å². The highest BCUT2D eigenvalue weighted by molar-refractivity contribution is 5.86. The van der Waals surface area contributed by atoms with Crippen LogP contribution in [0.15, 0.2) is 9.41 Å². The van der Waals surface area contributed by atoms with Crippen LogP contribution in [0.3, 0.4) is 0 Å². The highest BCUT2D eigenvalue weighted by Crippen LogP contribution is 2.20. The third-order valence-corrected chi connectivity index (χ3v) is 5.23. The minimum atomic E-state index is -0.232. The fourth-order valence-corrected chi connectivity index (χ4v) is 3.56. The van der Waals surface area contributed by atoms with E-state index in [-0.39, 0.29) is 18.0 Å². The number of rotatable bonds is 7. The Kier molecular flexibility index (Phi) is 8.70. The topological polar surface area (TPSA) is 86.0 Å². The summed E-state index contributed by atoms with van der Waals surface area (Å²) in [5.41, 5.74) is 0.745. The molecule has 0 aromatic carbocycles. The van der Waals surface area contributed by atoms with Crippen molar-refractivity contribution < 1.29 is 9.21 Å². The second kappa shape index (κ2) is 10.8. The lowest BCUT2D eigenvalue weighted by Crippen LogP contribution is -2.49. The fourth-order valence-electron chi connectivity index (χ4n) is 3.56. The first-order valence-corrected chi connectivity index (χ1v) is 11.0. The van der Waals surface area contributed by atoms with Gasteiger partial charge < -0.3 is 20.0 Å². The molecule has 0 atom stereocenters. The number of aliphatic imine (C=N–C) groups is 1. The predicted octanol–water partition coefficient (Wildman–Crippen LogP) is 2.32. The number of likely N-dealkylation sites (N-methyl/N-ethyl adjacent to an activating group) is 1. The summed E-state index contributed by atoms with van der Waals surface area (Å²) in [6.07, 6.45) is 2.21. The molecule has 0 bridgehead atoms. The lowest BCUT2D eigenvalue weighted by Gasteiger charge is -2.31. The lowest BCUT2D eigenvalue weighted by molar-refractivity contribution is -0.122. The molecule has 30 heavy (non-hydrogen) atoms. The van der Waals surface area contributed by atoms with Gasteiger partial charge in [0.25, 0.3) is 0 Å². The van der Waals surface area contributed by atoms with E-state index >= 15 is 0 Å². The average Bonchev–Trinajstić information content (AvgIpc) is 2.95. The highest BCUT2D eigenvalue weighted by atomic mass is 16.4. The quantitative estimate of drug-likeness (QED) is 0.520. The summed E-state index contributed by atoms with van der Waals surface area (Å²) in [6.45, 7) is 16.6. The zero-order valence-corrected chi connectivity index (χ0v) is 19.8. The molecule has 0 saturated carbocycles. The van der Waals surface area contributed by atoms with Crippen molar-refractivity contribution in [2.24, 2.45) is 10.9 Å². The summed E-state index contributed by atoms with van der Waals surface area (Å²) in [4.78, 5) is 25.8. The first-order chi connectivity index (χ1) is 14.1. The second-order valence-corrected chi connectivity index (χ2v) is 9.32. The van der Waals surface area contributed by atoms with E-state index in [1.54, 1.807) is 0 Å². The van der Waals surface area contributed by atoms with Gasteiger partial charge in [0.2, 0.25) is 11.8 Å². The Hall–Kier alpha value is -2.09. The van der Waals surface area contributed by atoms with Gasteiger partial charge in [-0.15, -0.1) is 0 Å². The Labute approximate surface area is 181 Å². The number of nitrogens with one attached hydrogen (secondary N) is 2. The number of piperidine rings is 1. The Morgan fingerprint density at radius 1 is 1.30 bits per heavy atom. The van der Waals surface area contributed by atoms with Crippen LogP contribution in [0.1, 0.15) is 57.9 Å². The Balaban J connectivity index is 1.82. The van der Waals surface area contributed by atoms with E-state index in [9.17, 15) is 4.79 Å². The number of guanidine groups is 1. The number of hydrogen-bond donors (Lipinski definition) is 2. The van der Waals surface area contributed by atoms with Gasteiger partial charge in [-0.05, 0) is 73.4 Å². The number of aromatic nitrogens is 1. The number of carbonyl (C=O) groups excluding carboxylic acids is 1. The molecule has 2 heterocycles. The Morgan fingerprint density at radius 2 is 1.97 bits per heavy atom. The monoisotopic (exact) mass is 420 g/mol. The molecule has 1 aliphatic heterocycles. The Bertz CT molecular complexity index is 694. The van der Waals surface area contributed by atoms with E-state index in [4.69, 9.17) is 9.41 Å². The van der Waals surface area contributed by atoms with Gasteiger partial charge in [0, 0.05) is 25.7 Å². The fraction of sp³-hybridized carbons (Fsp3) is 0.773. The van der Waals surface area contributed by atoms with Crippen molar-refractivity contribution in [1.29, 1.82) is 0 Å². The molecule has 0 unspecified atom stereocenters. The first-order valence-electron chi connectivity index (χ1n) is 11.0. The summed E-state index contributed by atoms with van der Waals surface area (Å²) in [5, 5.41) is 6.30. The van der Waals surface area contributed by atoms with Crippen molar-refractivity contribution >= 4 is 11.9 Å². The number of nitrogens with zero attached hydrogens (tertiary/aromatic N) is 4. The van der Waals surface area contributed by atoms with E-state index in [1.807, 2.05) is 53.5 Å². The maximum absolute atomic E-state index is 12.2. The van der Waals surface area contributed by atoms with Gasteiger partial charge in [-0.3, -0.25) is 14.7 Å². The van der Waals surface area contributed by atoms with Gasteiger partial charge in [0.15, 0.2) is 5.96 Å². The normalized spacial score (nSPS) is 16.6. The number of aryl methyl sites for hydroxylation is 2. The third kappa shape index (κ3) is 7.97. The minimum Gasteiger partial charge on any atom is -0.444 e. The molecular weight excluding hydrogens is 380 g/mol. The molecule has 1 fully saturated rings. The zero-order valence-electron chi connectivity index (χ0n) is 19.8. The van der Waals surface area contributed by atoms with Crippen LogP contribution in [-0.4, -0.2) is 72.0 Å². The summed E-state index contributed by atoms with van der Waals surface area (Å²) in [5.74, 6) is 3.06. The highest BCUT2D eigenvalue weighted by Gasteiger charge is 2.22. The maximum Gasteiger partial charge on any atom is 0.240 e. The number of oxazole rings is 1. The largest absolute Gasteiger partial charge is 0.444 e. The molecular formula is C22H40N6O2. The van der Waals surface area contributed by atoms with Crippen molar-refractivity contribution in [2.75, 3.05) is 39.8 Å². The van der Waals surface area contributed by atoms with Crippen LogP contribution in [0, 0.1) is 19.8 Å². The predicted molar refractivity (Wildman–Crippen MR) is 120 cm³/mol. The Morgan fingerprint density at radius 3 is 2.50 bits per heavy atom. The standard InChI is InChI=1S/C22H40N6O2/c1-8-23-21(27(7)14-19(29)26-22(4,5)6)24-13-18-9-11-28(12-10-18)15-20-25-16(2)17(3)30-20/h18H,8-15H2,1-7H3,(H,23,24)(H,26,29). The van der Waals surface area contributed by atoms with Gasteiger partial charge in [-0.25, -0.2) is 4.98 Å². The number of amides is 1. The minimum absolute atomic E-state index is 0.000852. The van der Waals surface area contributed by atoms with Crippen LogP contribution in [0.2, 0.25) is 0 Å². The number of hydrogen-bond acceptors (Lipinski definition) is 5. The van der Waals surface area contributed by atoms with Crippen molar-refractivity contribution in [2.45, 2.75) is 66.5 Å². The van der Waals surface area contributed by atoms with Crippen LogP contribution in [0.4, 0.5) is 0 Å². The molecule has 0 radical (unpaired) electrons. The maximum atomic E-state index is 12.2. The molecule has 2 rings (SSSR count). The lowest BCUT2D eigenvalue weighted by atomic mass is 9.97. The van der Waals surface area contributed by atoms with Crippen molar-refractivity contribution in [3.63, 3.8) is 0 Å². The zero-order chi connectivity index (χ0) is 22.3.